The topological polar surface area (TPSA) is 83.9 Å². The van der Waals surface area contributed by atoms with Gasteiger partial charge >= 0.3 is 12.1 Å². The Balaban J connectivity index is 1.28. The Hall–Kier alpha value is -2.53. The van der Waals surface area contributed by atoms with Crippen LogP contribution in [0.1, 0.15) is 46.5 Å². The zero-order valence-electron chi connectivity index (χ0n) is 21.2. The summed E-state index contributed by atoms with van der Waals surface area (Å²) in [5, 5.41) is 0.152. The zero-order chi connectivity index (χ0) is 26.1. The number of hydrogen-bond donors (Lipinski definition) is 0. The van der Waals surface area contributed by atoms with Gasteiger partial charge in [-0.3, -0.25) is 4.90 Å². The van der Waals surface area contributed by atoms with Gasteiger partial charge in [-0.05, 0) is 52.6 Å². The summed E-state index contributed by atoms with van der Waals surface area (Å²) in [7, 11) is 0. The second-order valence-electron chi connectivity index (χ2n) is 11.7. The number of nitrogens with zero attached hydrogens (tertiary/aromatic N) is 6. The van der Waals surface area contributed by atoms with E-state index in [2.05, 4.69) is 19.8 Å². The van der Waals surface area contributed by atoms with E-state index in [9.17, 15) is 13.6 Å². The first-order chi connectivity index (χ1) is 17.5. The quantitative estimate of drug-likeness (QED) is 0.543. The van der Waals surface area contributed by atoms with Crippen LogP contribution in [-0.4, -0.2) is 93.0 Å². The van der Waals surface area contributed by atoms with Crippen LogP contribution in [0, 0.1) is 5.82 Å². The smallest absolute Gasteiger partial charge is 0.410 e. The van der Waals surface area contributed by atoms with Gasteiger partial charge in [0, 0.05) is 26.1 Å². The molecule has 200 valence electrons. The number of rotatable bonds is 4. The number of piperazine rings is 1. The Labute approximate surface area is 219 Å². The molecule has 7 heterocycles. The van der Waals surface area contributed by atoms with Gasteiger partial charge in [0.1, 0.15) is 24.2 Å². The Kier molecular flexibility index (Phi) is 5.87. The lowest BCUT2D eigenvalue weighted by Gasteiger charge is -2.56. The van der Waals surface area contributed by atoms with Crippen LogP contribution in [0.2, 0.25) is 5.15 Å². The minimum Gasteiger partial charge on any atom is -0.461 e. The molecule has 2 unspecified atom stereocenters. The molecule has 2 aromatic heterocycles. The molecule has 2 bridgehead atoms. The summed E-state index contributed by atoms with van der Waals surface area (Å²) in [6.45, 7) is 8.00. The molecule has 5 aliphatic rings. The van der Waals surface area contributed by atoms with Gasteiger partial charge in [-0.2, -0.15) is 9.97 Å². The molecule has 0 spiro atoms. The van der Waals surface area contributed by atoms with Crippen LogP contribution in [0.4, 0.5) is 19.4 Å². The Morgan fingerprint density at radius 3 is 2.70 bits per heavy atom. The molecule has 0 aromatic carbocycles. The standard InChI is InChI=1S/C25H31ClF2N6O3/c1-24(2,3)37-23(35)32-11-15-7-16(12-32)34(15)21-17-8-18(28)19(26)29-20(17)30-22(31-21)36-13-25-5-4-6-33(25)10-14(27)9-25/h8,14-16H,4-7,9-13H2,1-3H3/t14-,15?,16?,25+/m1/s1. The van der Waals surface area contributed by atoms with E-state index in [0.29, 0.717) is 37.3 Å². The van der Waals surface area contributed by atoms with E-state index in [-0.39, 0.29) is 47.1 Å². The van der Waals surface area contributed by atoms with Gasteiger partial charge in [-0.25, -0.2) is 18.6 Å². The molecule has 9 nitrogen and oxygen atoms in total. The molecule has 0 aliphatic carbocycles. The highest BCUT2D eigenvalue weighted by Gasteiger charge is 2.50. The average Bonchev–Trinajstić information content (AvgIpc) is 3.33. The minimum atomic E-state index is -0.867. The van der Waals surface area contributed by atoms with E-state index in [1.165, 1.54) is 6.07 Å². The molecule has 7 rings (SSSR count). The molecule has 0 N–H and O–H groups in total. The second-order valence-corrected chi connectivity index (χ2v) is 12.0. The second kappa shape index (κ2) is 8.76. The van der Waals surface area contributed by atoms with Crippen molar-refractivity contribution >= 4 is 34.5 Å². The van der Waals surface area contributed by atoms with Gasteiger partial charge in [0.05, 0.1) is 23.0 Å². The Morgan fingerprint density at radius 2 is 1.97 bits per heavy atom. The SMILES string of the molecule is CC(C)(C)OC(=O)N1CC2CC(C1)N2c1nc(OC[C@@]23CCCN2C[C@H](F)C3)nc2nc(Cl)c(F)cc12. The summed E-state index contributed by atoms with van der Waals surface area (Å²) in [5.74, 6) is -0.155. The molecule has 5 aliphatic heterocycles. The fourth-order valence-corrected chi connectivity index (χ4v) is 6.45. The highest BCUT2D eigenvalue weighted by molar-refractivity contribution is 6.30. The van der Waals surface area contributed by atoms with Crippen molar-refractivity contribution < 1.29 is 23.0 Å². The van der Waals surface area contributed by atoms with Crippen molar-refractivity contribution in [3.8, 4) is 6.01 Å². The van der Waals surface area contributed by atoms with Gasteiger partial charge < -0.3 is 19.3 Å². The number of hydrogen-bond acceptors (Lipinski definition) is 8. The van der Waals surface area contributed by atoms with Gasteiger partial charge in [-0.15, -0.1) is 0 Å². The normalized spacial score (nSPS) is 29.4. The fourth-order valence-electron chi connectivity index (χ4n) is 6.31. The number of halogens is 3. The predicted octanol–water partition coefficient (Wildman–Crippen LogP) is 3.97. The van der Waals surface area contributed by atoms with Crippen LogP contribution in [0.3, 0.4) is 0 Å². The minimum absolute atomic E-state index is 0.0120. The van der Waals surface area contributed by atoms with E-state index in [1.54, 1.807) is 4.90 Å². The number of pyridine rings is 1. The first kappa shape index (κ1) is 24.8. The third kappa shape index (κ3) is 4.43. The van der Waals surface area contributed by atoms with Crippen LogP contribution in [0.15, 0.2) is 6.07 Å². The molecule has 0 radical (unpaired) electrons. The highest BCUT2D eigenvalue weighted by atomic mass is 35.5. The molecule has 4 atom stereocenters. The van der Waals surface area contributed by atoms with E-state index in [0.717, 1.165) is 25.8 Å². The third-order valence-electron chi connectivity index (χ3n) is 7.88. The number of aromatic nitrogens is 3. The van der Waals surface area contributed by atoms with Gasteiger partial charge in [-0.1, -0.05) is 11.6 Å². The maximum atomic E-state index is 14.5. The van der Waals surface area contributed by atoms with Crippen molar-refractivity contribution in [2.24, 2.45) is 0 Å². The maximum Gasteiger partial charge on any atom is 0.410 e. The summed E-state index contributed by atoms with van der Waals surface area (Å²) < 4.78 is 40.3. The van der Waals surface area contributed by atoms with E-state index < -0.39 is 17.6 Å². The molecular weight excluding hydrogens is 506 g/mol. The molecule has 2 aromatic rings. The molecular formula is C25H31ClF2N6O3. The number of carbonyl (C=O) groups is 1. The highest BCUT2D eigenvalue weighted by Crippen LogP contribution is 2.42. The maximum absolute atomic E-state index is 14.5. The summed E-state index contributed by atoms with van der Waals surface area (Å²) in [6, 6.07) is 1.38. The van der Waals surface area contributed by atoms with E-state index in [1.807, 2.05) is 20.8 Å². The summed E-state index contributed by atoms with van der Waals surface area (Å²) in [5.41, 5.74) is -0.699. The zero-order valence-corrected chi connectivity index (χ0v) is 22.0. The number of alkyl halides is 1. The molecule has 12 heteroatoms. The molecule has 1 amide bonds. The largest absolute Gasteiger partial charge is 0.461 e. The van der Waals surface area contributed by atoms with Gasteiger partial charge in [0.15, 0.2) is 16.6 Å². The first-order valence-corrected chi connectivity index (χ1v) is 13.2. The van der Waals surface area contributed by atoms with Crippen LogP contribution in [0.25, 0.3) is 11.0 Å². The number of anilines is 1. The summed E-state index contributed by atoms with van der Waals surface area (Å²) >= 11 is 5.98. The molecule has 0 saturated carbocycles. The van der Waals surface area contributed by atoms with Gasteiger partial charge in [0.2, 0.25) is 0 Å². The van der Waals surface area contributed by atoms with Crippen molar-refractivity contribution in [2.45, 2.75) is 75.8 Å². The number of amides is 1. The molecule has 37 heavy (non-hydrogen) atoms. The van der Waals surface area contributed by atoms with Crippen molar-refractivity contribution in [1.29, 1.82) is 0 Å². The average molecular weight is 537 g/mol. The summed E-state index contributed by atoms with van der Waals surface area (Å²) in [6.07, 6.45) is 1.96. The van der Waals surface area contributed by atoms with Gasteiger partial charge in [0.25, 0.3) is 0 Å². The van der Waals surface area contributed by atoms with Crippen molar-refractivity contribution in [3.63, 3.8) is 0 Å². The first-order valence-electron chi connectivity index (χ1n) is 12.8. The monoisotopic (exact) mass is 536 g/mol. The third-order valence-corrected chi connectivity index (χ3v) is 8.14. The van der Waals surface area contributed by atoms with Crippen molar-refractivity contribution in [3.05, 3.63) is 17.0 Å². The Morgan fingerprint density at radius 1 is 1.22 bits per heavy atom. The summed E-state index contributed by atoms with van der Waals surface area (Å²) in [4.78, 5) is 31.9. The lowest BCUT2D eigenvalue weighted by atomic mass is 9.87. The van der Waals surface area contributed by atoms with Crippen LogP contribution in [0.5, 0.6) is 6.01 Å². The number of piperidine rings is 1. The van der Waals surface area contributed by atoms with Crippen molar-refractivity contribution in [1.82, 2.24) is 24.8 Å². The van der Waals surface area contributed by atoms with Crippen molar-refractivity contribution in [2.75, 3.05) is 37.7 Å². The van der Waals surface area contributed by atoms with E-state index >= 15 is 0 Å². The number of ether oxygens (including phenoxy) is 2. The molecule has 5 saturated heterocycles. The number of fused-ring (bicyclic) bond motifs is 4. The number of carbonyl (C=O) groups excluding carboxylic acids is 1. The van der Waals surface area contributed by atoms with Crippen LogP contribution in [-0.2, 0) is 4.74 Å². The lowest BCUT2D eigenvalue weighted by Crippen LogP contribution is -2.70. The molecule has 5 fully saturated rings. The Bertz CT molecular complexity index is 1230. The van der Waals surface area contributed by atoms with Crippen LogP contribution < -0.4 is 9.64 Å². The lowest BCUT2D eigenvalue weighted by molar-refractivity contribution is 0.00844. The predicted molar refractivity (Wildman–Crippen MR) is 133 cm³/mol. The fraction of sp³-hybridized carbons (Fsp3) is 0.680. The van der Waals surface area contributed by atoms with E-state index in [4.69, 9.17) is 26.1 Å². The van der Waals surface area contributed by atoms with Crippen LogP contribution >= 0.6 is 11.6 Å².